The van der Waals surface area contributed by atoms with Crippen LogP contribution in [-0.2, 0) is 0 Å². The summed E-state index contributed by atoms with van der Waals surface area (Å²) in [7, 11) is 0. The first kappa shape index (κ1) is 12.0. The molecule has 3 nitrogen and oxygen atoms in total. The Morgan fingerprint density at radius 3 is 2.81 bits per heavy atom. The van der Waals surface area contributed by atoms with Crippen LogP contribution < -0.4 is 5.73 Å². The third-order valence-corrected chi connectivity index (χ3v) is 3.55. The van der Waals surface area contributed by atoms with E-state index in [0.29, 0.717) is 12.6 Å². The molecule has 0 radical (unpaired) electrons. The van der Waals surface area contributed by atoms with E-state index in [4.69, 9.17) is 5.73 Å². The molecule has 1 saturated carbocycles. The predicted octanol–water partition coefficient (Wildman–Crippen LogP) is 2.33. The summed E-state index contributed by atoms with van der Waals surface area (Å²) in [4.78, 5) is 6.71. The topological polar surface area (TPSA) is 42.1 Å². The lowest BCUT2D eigenvalue weighted by Gasteiger charge is -2.30. The quantitative estimate of drug-likeness (QED) is 0.902. The van der Waals surface area contributed by atoms with Crippen LogP contribution in [0.5, 0.6) is 0 Å². The molecule has 1 fully saturated rings. The van der Waals surface area contributed by atoms with Crippen molar-refractivity contribution in [2.45, 2.75) is 31.8 Å². The summed E-state index contributed by atoms with van der Waals surface area (Å²) in [6.45, 7) is 3.91. The molecular formula is C12H18BrN3. The summed E-state index contributed by atoms with van der Waals surface area (Å²) >= 11 is 3.46. The minimum absolute atomic E-state index is 0.308. The molecule has 1 aliphatic rings. The van der Waals surface area contributed by atoms with Crippen molar-refractivity contribution in [3.63, 3.8) is 0 Å². The lowest BCUT2D eigenvalue weighted by molar-refractivity contribution is 0.201. The molecule has 0 aromatic carbocycles. The summed E-state index contributed by atoms with van der Waals surface area (Å²) in [6, 6.07) is 3.16. The molecule has 2 rings (SSSR count). The number of aromatic nitrogens is 1. The number of rotatable bonds is 5. The van der Waals surface area contributed by atoms with Gasteiger partial charge in [0.05, 0.1) is 0 Å². The van der Waals surface area contributed by atoms with Crippen molar-refractivity contribution < 1.29 is 0 Å². The first-order valence-corrected chi connectivity index (χ1v) is 6.61. The summed E-state index contributed by atoms with van der Waals surface area (Å²) in [5.74, 6) is 0. The van der Waals surface area contributed by atoms with E-state index in [-0.39, 0.29) is 0 Å². The molecule has 88 valence electrons. The van der Waals surface area contributed by atoms with Crippen LogP contribution in [0.1, 0.15) is 31.4 Å². The fourth-order valence-corrected chi connectivity index (χ4v) is 2.60. The van der Waals surface area contributed by atoms with E-state index in [1.807, 2.05) is 12.4 Å². The van der Waals surface area contributed by atoms with Crippen molar-refractivity contribution in [1.82, 2.24) is 9.88 Å². The molecule has 1 atom stereocenters. The summed E-state index contributed by atoms with van der Waals surface area (Å²) < 4.78 is 1.02. The van der Waals surface area contributed by atoms with Gasteiger partial charge in [-0.2, -0.15) is 0 Å². The van der Waals surface area contributed by atoms with E-state index < -0.39 is 0 Å². The molecule has 0 amide bonds. The Balaban J connectivity index is 2.20. The molecule has 0 bridgehead atoms. The fraction of sp³-hybridized carbons (Fsp3) is 0.583. The Kier molecular flexibility index (Phi) is 3.95. The van der Waals surface area contributed by atoms with Crippen LogP contribution in [0.25, 0.3) is 0 Å². The van der Waals surface area contributed by atoms with E-state index in [1.165, 1.54) is 18.4 Å². The van der Waals surface area contributed by atoms with Gasteiger partial charge < -0.3 is 5.73 Å². The van der Waals surface area contributed by atoms with Gasteiger partial charge in [-0.25, -0.2) is 0 Å². The maximum atomic E-state index is 5.91. The van der Waals surface area contributed by atoms with Gasteiger partial charge in [-0.1, -0.05) is 6.92 Å². The number of likely N-dealkylation sites (N-methyl/N-ethyl adjacent to an activating group) is 1. The van der Waals surface area contributed by atoms with Crippen LogP contribution in [-0.4, -0.2) is 29.0 Å². The normalized spacial score (nSPS) is 17.8. The molecule has 1 unspecified atom stereocenters. The van der Waals surface area contributed by atoms with Crippen LogP contribution in [0.15, 0.2) is 22.9 Å². The first-order valence-electron chi connectivity index (χ1n) is 5.82. The second-order valence-corrected chi connectivity index (χ2v) is 5.17. The fourth-order valence-electron chi connectivity index (χ4n) is 2.21. The number of nitrogens with zero attached hydrogens (tertiary/aromatic N) is 2. The van der Waals surface area contributed by atoms with Gasteiger partial charge in [-0.3, -0.25) is 9.88 Å². The van der Waals surface area contributed by atoms with Gasteiger partial charge in [0, 0.05) is 35.5 Å². The maximum absolute atomic E-state index is 5.91. The zero-order valence-electron chi connectivity index (χ0n) is 9.56. The Bertz CT molecular complexity index is 352. The van der Waals surface area contributed by atoms with Gasteiger partial charge in [0.15, 0.2) is 0 Å². The molecule has 0 spiro atoms. The molecule has 1 aromatic heterocycles. The summed E-state index contributed by atoms with van der Waals surface area (Å²) in [5.41, 5.74) is 7.13. The van der Waals surface area contributed by atoms with E-state index in [1.54, 1.807) is 0 Å². The third kappa shape index (κ3) is 2.62. The monoisotopic (exact) mass is 283 g/mol. The molecule has 0 aliphatic heterocycles. The molecule has 0 saturated heterocycles. The molecule has 1 heterocycles. The van der Waals surface area contributed by atoms with Gasteiger partial charge in [0.2, 0.25) is 0 Å². The van der Waals surface area contributed by atoms with Crippen LogP contribution in [0.2, 0.25) is 0 Å². The lowest BCUT2D eigenvalue weighted by atomic mass is 10.1. The SMILES string of the molecule is CCN(C1CC1)C(CN)c1cncc(Br)c1. The van der Waals surface area contributed by atoms with Crippen molar-refractivity contribution >= 4 is 15.9 Å². The molecular weight excluding hydrogens is 266 g/mol. The third-order valence-electron chi connectivity index (χ3n) is 3.12. The Hall–Kier alpha value is -0.450. The van der Waals surface area contributed by atoms with Crippen molar-refractivity contribution in [3.05, 3.63) is 28.5 Å². The highest BCUT2D eigenvalue weighted by Crippen LogP contribution is 2.33. The number of hydrogen-bond acceptors (Lipinski definition) is 3. The molecule has 16 heavy (non-hydrogen) atoms. The Morgan fingerprint density at radius 1 is 1.56 bits per heavy atom. The van der Waals surface area contributed by atoms with Gasteiger partial charge in [-0.05, 0) is 46.9 Å². The second kappa shape index (κ2) is 5.25. The van der Waals surface area contributed by atoms with Crippen LogP contribution in [0, 0.1) is 0 Å². The van der Waals surface area contributed by atoms with E-state index in [9.17, 15) is 0 Å². The molecule has 2 N–H and O–H groups in total. The lowest BCUT2D eigenvalue weighted by Crippen LogP contribution is -2.35. The Labute approximate surface area is 105 Å². The summed E-state index contributed by atoms with van der Waals surface area (Å²) in [6.07, 6.45) is 6.36. The average molecular weight is 284 g/mol. The highest BCUT2D eigenvalue weighted by atomic mass is 79.9. The standard InChI is InChI=1S/C12H18BrN3/c1-2-16(11-3-4-11)12(6-14)9-5-10(13)8-15-7-9/h5,7-8,11-12H,2-4,6,14H2,1H3. The van der Waals surface area contributed by atoms with Gasteiger partial charge in [0.1, 0.15) is 0 Å². The molecule has 1 aromatic rings. The summed E-state index contributed by atoms with van der Waals surface area (Å²) in [5, 5.41) is 0. The number of halogens is 1. The first-order chi connectivity index (χ1) is 7.76. The molecule has 4 heteroatoms. The average Bonchev–Trinajstić information content (AvgIpc) is 3.09. The maximum Gasteiger partial charge on any atom is 0.0488 e. The van der Waals surface area contributed by atoms with Gasteiger partial charge >= 0.3 is 0 Å². The number of pyridine rings is 1. The minimum Gasteiger partial charge on any atom is -0.329 e. The highest BCUT2D eigenvalue weighted by Gasteiger charge is 2.32. The largest absolute Gasteiger partial charge is 0.329 e. The van der Waals surface area contributed by atoms with E-state index in [0.717, 1.165) is 17.1 Å². The van der Waals surface area contributed by atoms with E-state index in [2.05, 4.69) is 38.8 Å². The van der Waals surface area contributed by atoms with Crippen LogP contribution in [0.4, 0.5) is 0 Å². The van der Waals surface area contributed by atoms with Gasteiger partial charge in [0.25, 0.3) is 0 Å². The van der Waals surface area contributed by atoms with Crippen molar-refractivity contribution in [1.29, 1.82) is 0 Å². The minimum atomic E-state index is 0.308. The highest BCUT2D eigenvalue weighted by molar-refractivity contribution is 9.10. The molecule has 1 aliphatic carbocycles. The second-order valence-electron chi connectivity index (χ2n) is 4.25. The van der Waals surface area contributed by atoms with Crippen molar-refractivity contribution in [2.75, 3.05) is 13.1 Å². The van der Waals surface area contributed by atoms with Gasteiger partial charge in [-0.15, -0.1) is 0 Å². The smallest absolute Gasteiger partial charge is 0.0488 e. The zero-order chi connectivity index (χ0) is 11.5. The zero-order valence-corrected chi connectivity index (χ0v) is 11.2. The van der Waals surface area contributed by atoms with Crippen molar-refractivity contribution in [3.8, 4) is 0 Å². The predicted molar refractivity (Wildman–Crippen MR) is 69.1 cm³/mol. The van der Waals surface area contributed by atoms with Crippen LogP contribution in [0.3, 0.4) is 0 Å². The van der Waals surface area contributed by atoms with Crippen molar-refractivity contribution in [2.24, 2.45) is 5.73 Å². The Morgan fingerprint density at radius 2 is 2.31 bits per heavy atom. The number of nitrogens with two attached hydrogens (primary N) is 1. The number of hydrogen-bond donors (Lipinski definition) is 1. The van der Waals surface area contributed by atoms with Crippen LogP contribution >= 0.6 is 15.9 Å². The van der Waals surface area contributed by atoms with E-state index >= 15 is 0 Å².